The van der Waals surface area contributed by atoms with Crippen LogP contribution in [0.15, 0.2) is 18.2 Å². The minimum absolute atomic E-state index is 0.279. The molecular weight excluding hydrogens is 282 g/mol. The van der Waals surface area contributed by atoms with Crippen molar-refractivity contribution in [3.63, 3.8) is 0 Å². The minimum atomic E-state index is -2.76. The first-order valence-corrected chi connectivity index (χ1v) is 8.95. The smallest absolute Gasteiger partial charge is 0.150 e. The molecule has 1 aliphatic heterocycles. The van der Waals surface area contributed by atoms with Crippen molar-refractivity contribution in [1.29, 1.82) is 0 Å². The van der Waals surface area contributed by atoms with Crippen LogP contribution in [-0.2, 0) is 16.3 Å². The Morgan fingerprint density at radius 2 is 2.16 bits per heavy atom. The van der Waals surface area contributed by atoms with E-state index >= 15 is 0 Å². The first-order chi connectivity index (χ1) is 9.03. The number of aryl methyl sites for hydroxylation is 1. The molecule has 0 amide bonds. The standard InChI is InChI=1S/C14H18ClNO2S/c15-12-2-3-13-11(7-12)1-4-14(13)16-8-10-5-6-19(17,18)9-10/h2-3,7,10,14,16H,1,4-6,8-9H2. The van der Waals surface area contributed by atoms with Gasteiger partial charge in [0.2, 0.25) is 0 Å². The van der Waals surface area contributed by atoms with Gasteiger partial charge >= 0.3 is 0 Å². The number of hydrogen-bond acceptors (Lipinski definition) is 3. The summed E-state index contributed by atoms with van der Waals surface area (Å²) in [5.41, 5.74) is 2.65. The zero-order valence-corrected chi connectivity index (χ0v) is 12.3. The number of fused-ring (bicyclic) bond motifs is 1. The Bertz CT molecular complexity index is 585. The molecule has 2 aliphatic rings. The summed E-state index contributed by atoms with van der Waals surface area (Å²) in [6, 6.07) is 6.42. The molecule has 0 spiro atoms. The molecular formula is C14H18ClNO2S. The molecule has 1 fully saturated rings. The van der Waals surface area contributed by atoms with E-state index in [-0.39, 0.29) is 5.92 Å². The highest BCUT2D eigenvalue weighted by Gasteiger charge is 2.29. The van der Waals surface area contributed by atoms with Crippen LogP contribution in [-0.4, -0.2) is 26.5 Å². The van der Waals surface area contributed by atoms with E-state index in [0.29, 0.717) is 17.5 Å². The Morgan fingerprint density at radius 1 is 1.32 bits per heavy atom. The lowest BCUT2D eigenvalue weighted by Gasteiger charge is -2.16. The van der Waals surface area contributed by atoms with Gasteiger partial charge in [0.1, 0.15) is 0 Å². The molecule has 1 N–H and O–H groups in total. The van der Waals surface area contributed by atoms with Crippen molar-refractivity contribution in [1.82, 2.24) is 5.32 Å². The fourth-order valence-corrected chi connectivity index (χ4v) is 5.20. The Hall–Kier alpha value is -0.580. The van der Waals surface area contributed by atoms with Crippen molar-refractivity contribution in [3.05, 3.63) is 34.3 Å². The summed E-state index contributed by atoms with van der Waals surface area (Å²) < 4.78 is 22.9. The normalized spacial score (nSPS) is 28.5. The summed E-state index contributed by atoms with van der Waals surface area (Å²) >= 11 is 6.00. The van der Waals surface area contributed by atoms with Gasteiger partial charge in [-0.2, -0.15) is 0 Å². The van der Waals surface area contributed by atoms with Gasteiger partial charge in [-0.15, -0.1) is 0 Å². The van der Waals surface area contributed by atoms with E-state index in [1.807, 2.05) is 12.1 Å². The van der Waals surface area contributed by atoms with Gasteiger partial charge < -0.3 is 5.32 Å². The quantitative estimate of drug-likeness (QED) is 0.932. The van der Waals surface area contributed by atoms with E-state index < -0.39 is 9.84 Å². The highest BCUT2D eigenvalue weighted by atomic mass is 35.5. The third-order valence-corrected chi connectivity index (χ3v) is 6.23. The van der Waals surface area contributed by atoms with Gasteiger partial charge in [-0.1, -0.05) is 17.7 Å². The van der Waals surface area contributed by atoms with Crippen LogP contribution in [0, 0.1) is 5.92 Å². The molecule has 1 saturated heterocycles. The van der Waals surface area contributed by atoms with Crippen molar-refractivity contribution in [2.24, 2.45) is 5.92 Å². The maximum absolute atomic E-state index is 11.4. The predicted octanol–water partition coefficient (Wildman–Crippen LogP) is 2.35. The molecule has 2 atom stereocenters. The second-order valence-corrected chi connectivity index (χ2v) is 8.28. The van der Waals surface area contributed by atoms with Gasteiger partial charge in [-0.25, -0.2) is 8.42 Å². The SMILES string of the molecule is O=S1(=O)CCC(CNC2CCc3cc(Cl)ccc32)C1. The molecule has 1 aliphatic carbocycles. The molecule has 1 heterocycles. The molecule has 3 nitrogen and oxygen atoms in total. The Labute approximate surface area is 119 Å². The van der Waals surface area contributed by atoms with E-state index in [1.165, 1.54) is 11.1 Å². The predicted molar refractivity (Wildman–Crippen MR) is 77.3 cm³/mol. The van der Waals surface area contributed by atoms with E-state index in [1.54, 1.807) is 0 Å². The number of hydrogen-bond donors (Lipinski definition) is 1. The van der Waals surface area contributed by atoms with E-state index in [4.69, 9.17) is 11.6 Å². The van der Waals surface area contributed by atoms with Crippen LogP contribution in [0.1, 0.15) is 30.0 Å². The molecule has 0 bridgehead atoms. The number of nitrogens with one attached hydrogen (secondary N) is 1. The van der Waals surface area contributed by atoms with Crippen LogP contribution in [0.4, 0.5) is 0 Å². The summed E-state index contributed by atoms with van der Waals surface area (Å²) in [5.74, 6) is 0.984. The monoisotopic (exact) mass is 299 g/mol. The summed E-state index contributed by atoms with van der Waals surface area (Å²) in [5, 5.41) is 4.32. The van der Waals surface area contributed by atoms with Crippen molar-refractivity contribution >= 4 is 21.4 Å². The van der Waals surface area contributed by atoms with E-state index in [2.05, 4.69) is 11.4 Å². The molecule has 0 radical (unpaired) electrons. The Kier molecular flexibility index (Phi) is 3.58. The van der Waals surface area contributed by atoms with Gasteiger partial charge in [0, 0.05) is 11.1 Å². The number of benzene rings is 1. The van der Waals surface area contributed by atoms with Crippen LogP contribution in [0.25, 0.3) is 0 Å². The van der Waals surface area contributed by atoms with Crippen molar-refractivity contribution in [3.8, 4) is 0 Å². The topological polar surface area (TPSA) is 46.2 Å². The van der Waals surface area contributed by atoms with Crippen LogP contribution in [0.3, 0.4) is 0 Å². The molecule has 1 aromatic carbocycles. The second-order valence-electron chi connectivity index (χ2n) is 5.61. The maximum Gasteiger partial charge on any atom is 0.150 e. The average Bonchev–Trinajstić information content (AvgIpc) is 2.89. The fraction of sp³-hybridized carbons (Fsp3) is 0.571. The van der Waals surface area contributed by atoms with Crippen LogP contribution >= 0.6 is 11.6 Å². The molecule has 0 saturated carbocycles. The third-order valence-electron chi connectivity index (χ3n) is 4.16. The van der Waals surface area contributed by atoms with Gasteiger partial charge in [0.25, 0.3) is 0 Å². The highest BCUT2D eigenvalue weighted by molar-refractivity contribution is 7.91. The largest absolute Gasteiger partial charge is 0.310 e. The summed E-state index contributed by atoms with van der Waals surface area (Å²) in [6.07, 6.45) is 2.93. The zero-order valence-electron chi connectivity index (χ0n) is 10.7. The Morgan fingerprint density at radius 3 is 2.89 bits per heavy atom. The minimum Gasteiger partial charge on any atom is -0.310 e. The Balaban J connectivity index is 1.61. The molecule has 5 heteroatoms. The first kappa shape index (κ1) is 13.4. The zero-order chi connectivity index (χ0) is 13.5. The van der Waals surface area contributed by atoms with Crippen molar-refractivity contribution < 1.29 is 8.42 Å². The molecule has 1 aromatic rings. The number of rotatable bonds is 3. The average molecular weight is 300 g/mol. The summed E-state index contributed by atoms with van der Waals surface area (Å²) in [6.45, 7) is 0.798. The molecule has 19 heavy (non-hydrogen) atoms. The van der Waals surface area contributed by atoms with E-state index in [0.717, 1.165) is 30.8 Å². The van der Waals surface area contributed by atoms with E-state index in [9.17, 15) is 8.42 Å². The number of sulfone groups is 1. The second kappa shape index (κ2) is 5.08. The lowest BCUT2D eigenvalue weighted by Crippen LogP contribution is -2.26. The maximum atomic E-state index is 11.4. The summed E-state index contributed by atoms with van der Waals surface area (Å²) in [7, 11) is -2.76. The lowest BCUT2D eigenvalue weighted by atomic mass is 10.1. The van der Waals surface area contributed by atoms with Crippen molar-refractivity contribution in [2.45, 2.75) is 25.3 Å². The van der Waals surface area contributed by atoms with Crippen molar-refractivity contribution in [2.75, 3.05) is 18.1 Å². The summed E-state index contributed by atoms with van der Waals surface area (Å²) in [4.78, 5) is 0. The fourth-order valence-electron chi connectivity index (χ4n) is 3.14. The third kappa shape index (κ3) is 2.96. The highest BCUT2D eigenvalue weighted by Crippen LogP contribution is 2.33. The van der Waals surface area contributed by atoms with Crippen LogP contribution < -0.4 is 5.32 Å². The lowest BCUT2D eigenvalue weighted by molar-refractivity contribution is 0.456. The van der Waals surface area contributed by atoms with Gasteiger partial charge in [-0.05, 0) is 55.0 Å². The molecule has 3 rings (SSSR count). The van der Waals surface area contributed by atoms with Gasteiger partial charge in [0.05, 0.1) is 11.5 Å². The van der Waals surface area contributed by atoms with Gasteiger partial charge in [0.15, 0.2) is 9.84 Å². The molecule has 0 aromatic heterocycles. The first-order valence-electron chi connectivity index (χ1n) is 6.76. The molecule has 2 unspecified atom stereocenters. The van der Waals surface area contributed by atoms with Crippen LogP contribution in [0.2, 0.25) is 5.02 Å². The number of halogens is 1. The van der Waals surface area contributed by atoms with Gasteiger partial charge in [-0.3, -0.25) is 0 Å². The molecule has 104 valence electrons. The van der Waals surface area contributed by atoms with Crippen LogP contribution in [0.5, 0.6) is 0 Å².